The zero-order chi connectivity index (χ0) is 8.36. The van der Waals surface area contributed by atoms with Crippen molar-refractivity contribution in [2.75, 3.05) is 0 Å². The van der Waals surface area contributed by atoms with Crippen molar-refractivity contribution in [2.24, 2.45) is 0 Å². The van der Waals surface area contributed by atoms with E-state index in [1.165, 1.54) is 0 Å². The number of carbonyl (C=O) groups excluding carboxylic acids is 1. The van der Waals surface area contributed by atoms with Gasteiger partial charge < -0.3 is 24.8 Å². The lowest BCUT2D eigenvalue weighted by molar-refractivity contribution is -0.169. The molecule has 0 heterocycles. The standard InChI is InChI=1S/C4H3F3OS2/c5-4(6,7)2(8)1-3(9)10/h1H2,(H,9,10)/p-1. The largest absolute Gasteiger partial charge is 0.450 e. The van der Waals surface area contributed by atoms with E-state index >= 15 is 0 Å². The van der Waals surface area contributed by atoms with Crippen LogP contribution in [-0.4, -0.2) is 16.2 Å². The summed E-state index contributed by atoms with van der Waals surface area (Å²) in [5.74, 6) is -1.88. The number of hydrogen-bond acceptors (Lipinski definition) is 3. The number of halogens is 3. The summed E-state index contributed by atoms with van der Waals surface area (Å²) in [5.41, 5.74) is 0. The van der Waals surface area contributed by atoms with Crippen LogP contribution in [0, 0.1) is 0 Å². The molecule has 0 aromatic heterocycles. The molecule has 0 atom stereocenters. The number of Topliss-reactive ketones (excluding diaryl/α,β-unsaturated/α-hetero) is 1. The monoisotopic (exact) mass is 187 g/mol. The van der Waals surface area contributed by atoms with E-state index in [0.717, 1.165) is 0 Å². The third kappa shape index (κ3) is 3.73. The van der Waals surface area contributed by atoms with E-state index in [4.69, 9.17) is 0 Å². The first kappa shape index (κ1) is 9.77. The summed E-state index contributed by atoms with van der Waals surface area (Å²) in [5, 5.41) is 0. The van der Waals surface area contributed by atoms with E-state index in [1.807, 2.05) is 0 Å². The zero-order valence-electron chi connectivity index (χ0n) is 4.57. The van der Waals surface area contributed by atoms with Crippen LogP contribution in [0.2, 0.25) is 0 Å². The normalized spacial score (nSPS) is 11.1. The molecule has 0 aromatic rings. The molecule has 0 rings (SSSR count). The van der Waals surface area contributed by atoms with Gasteiger partial charge >= 0.3 is 6.18 Å². The zero-order valence-corrected chi connectivity index (χ0v) is 6.20. The van der Waals surface area contributed by atoms with Gasteiger partial charge in [0.2, 0.25) is 5.78 Å². The Morgan fingerprint density at radius 1 is 1.50 bits per heavy atom. The van der Waals surface area contributed by atoms with Crippen molar-refractivity contribution in [2.45, 2.75) is 12.6 Å². The number of alkyl halides is 3. The molecule has 0 aliphatic heterocycles. The van der Waals surface area contributed by atoms with Crippen molar-refractivity contribution in [1.29, 1.82) is 0 Å². The highest BCUT2D eigenvalue weighted by atomic mass is 32.1. The fraction of sp³-hybridized carbons (Fsp3) is 0.500. The van der Waals surface area contributed by atoms with E-state index in [9.17, 15) is 18.0 Å². The summed E-state index contributed by atoms with van der Waals surface area (Å²) in [6.07, 6.45) is -5.67. The van der Waals surface area contributed by atoms with Gasteiger partial charge in [0.15, 0.2) is 0 Å². The van der Waals surface area contributed by atoms with Gasteiger partial charge in [-0.3, -0.25) is 4.79 Å². The third-order valence-electron chi connectivity index (χ3n) is 0.621. The maximum atomic E-state index is 11.4. The van der Waals surface area contributed by atoms with Crippen LogP contribution in [-0.2, 0) is 17.4 Å². The molecule has 0 bridgehead atoms. The second-order valence-corrected chi connectivity index (χ2v) is 2.71. The van der Waals surface area contributed by atoms with Gasteiger partial charge in [0.05, 0.1) is 0 Å². The first-order valence-electron chi connectivity index (χ1n) is 2.14. The Hall–Kier alpha value is -0.230. The van der Waals surface area contributed by atoms with Gasteiger partial charge in [0.1, 0.15) is 0 Å². The minimum Gasteiger partial charge on any atom is -0.432 e. The molecule has 0 aliphatic carbocycles. The molecule has 58 valence electrons. The van der Waals surface area contributed by atoms with Crippen molar-refractivity contribution in [1.82, 2.24) is 0 Å². The van der Waals surface area contributed by atoms with Crippen molar-refractivity contribution >= 4 is 34.8 Å². The fourth-order valence-corrected chi connectivity index (χ4v) is 0.494. The Morgan fingerprint density at radius 2 is 1.90 bits per heavy atom. The lowest BCUT2D eigenvalue weighted by Gasteiger charge is -2.06. The Bertz CT molecular complexity index is 162. The summed E-state index contributed by atoms with van der Waals surface area (Å²) < 4.78 is 33.7. The fourth-order valence-electron chi connectivity index (χ4n) is 0.231. The Kier molecular flexibility index (Phi) is 3.17. The van der Waals surface area contributed by atoms with Crippen LogP contribution in [0.5, 0.6) is 0 Å². The molecule has 0 saturated heterocycles. The predicted octanol–water partition coefficient (Wildman–Crippen LogP) is 1.38. The average Bonchev–Trinajstić information content (AvgIpc) is 1.60. The highest BCUT2D eigenvalue weighted by Gasteiger charge is 2.36. The molecular formula is C4H2F3OS2-. The molecule has 0 aliphatic rings. The molecule has 0 radical (unpaired) electrons. The smallest absolute Gasteiger partial charge is 0.432 e. The molecule has 6 heteroatoms. The summed E-state index contributed by atoms with van der Waals surface area (Å²) >= 11 is 8.27. The summed E-state index contributed by atoms with van der Waals surface area (Å²) in [6, 6.07) is 0. The predicted molar refractivity (Wildman–Crippen MR) is 35.6 cm³/mol. The number of rotatable bonds is 2. The second kappa shape index (κ2) is 3.25. The molecule has 0 unspecified atom stereocenters. The quantitative estimate of drug-likeness (QED) is 0.480. The summed E-state index contributed by atoms with van der Waals surface area (Å²) in [7, 11) is 0. The molecule has 0 saturated carbocycles. The van der Waals surface area contributed by atoms with E-state index in [2.05, 4.69) is 24.8 Å². The Morgan fingerprint density at radius 3 is 2.00 bits per heavy atom. The molecule has 1 nitrogen and oxygen atoms in total. The molecule has 0 amide bonds. The molecule has 0 fully saturated rings. The van der Waals surface area contributed by atoms with E-state index in [0.29, 0.717) is 0 Å². The van der Waals surface area contributed by atoms with Gasteiger partial charge in [-0.2, -0.15) is 13.2 Å². The summed E-state index contributed by atoms with van der Waals surface area (Å²) in [6.45, 7) is 0. The number of carbonyl (C=O) groups is 1. The van der Waals surface area contributed by atoms with Crippen molar-refractivity contribution in [3.05, 3.63) is 0 Å². The van der Waals surface area contributed by atoms with Crippen LogP contribution >= 0.6 is 12.2 Å². The molecule has 0 aromatic carbocycles. The van der Waals surface area contributed by atoms with E-state index in [-0.39, 0.29) is 4.20 Å². The lowest BCUT2D eigenvalue weighted by Crippen LogP contribution is -2.24. The van der Waals surface area contributed by atoms with Gasteiger partial charge in [-0.1, -0.05) is 0 Å². The average molecular weight is 187 g/mol. The highest BCUT2D eigenvalue weighted by molar-refractivity contribution is 8.00. The van der Waals surface area contributed by atoms with Gasteiger partial charge in [-0.15, -0.1) is 4.20 Å². The number of ketones is 1. The number of thiocarbonyl (C=S) groups is 1. The van der Waals surface area contributed by atoms with Gasteiger partial charge in [0.25, 0.3) is 0 Å². The minimum absolute atomic E-state index is 0.359. The maximum absolute atomic E-state index is 11.4. The maximum Gasteiger partial charge on any atom is 0.450 e. The Balaban J connectivity index is 3.99. The Labute approximate surface area is 66.0 Å². The highest BCUT2D eigenvalue weighted by Crippen LogP contribution is 2.17. The van der Waals surface area contributed by atoms with Crippen LogP contribution in [0.25, 0.3) is 0 Å². The second-order valence-electron chi connectivity index (χ2n) is 1.47. The van der Waals surface area contributed by atoms with Crippen LogP contribution in [0.4, 0.5) is 13.2 Å². The van der Waals surface area contributed by atoms with Crippen LogP contribution < -0.4 is 0 Å². The first-order chi connectivity index (χ1) is 4.34. The summed E-state index contributed by atoms with van der Waals surface area (Å²) in [4.78, 5) is 10.00. The van der Waals surface area contributed by atoms with Crippen LogP contribution in [0.15, 0.2) is 0 Å². The topological polar surface area (TPSA) is 17.1 Å². The van der Waals surface area contributed by atoms with Gasteiger partial charge in [0, 0.05) is 6.42 Å². The lowest BCUT2D eigenvalue weighted by atomic mass is 10.3. The van der Waals surface area contributed by atoms with Gasteiger partial charge in [-0.05, 0) is 0 Å². The van der Waals surface area contributed by atoms with E-state index < -0.39 is 18.4 Å². The van der Waals surface area contributed by atoms with Crippen LogP contribution in [0.3, 0.4) is 0 Å². The molecule has 10 heavy (non-hydrogen) atoms. The van der Waals surface area contributed by atoms with E-state index in [1.54, 1.807) is 0 Å². The van der Waals surface area contributed by atoms with Gasteiger partial charge in [-0.25, -0.2) is 0 Å². The van der Waals surface area contributed by atoms with Crippen LogP contribution in [0.1, 0.15) is 6.42 Å². The minimum atomic E-state index is -4.80. The SMILES string of the molecule is O=C(CC(=S)[S-])C(F)(F)F. The van der Waals surface area contributed by atoms with Crippen molar-refractivity contribution in [3.8, 4) is 0 Å². The molecule has 0 N–H and O–H groups in total. The third-order valence-corrected chi connectivity index (χ3v) is 0.910. The number of hydrogen-bond donors (Lipinski definition) is 0. The molecule has 0 spiro atoms. The molecular weight excluding hydrogens is 185 g/mol. The van der Waals surface area contributed by atoms with Crippen molar-refractivity contribution < 1.29 is 18.0 Å². The first-order valence-corrected chi connectivity index (χ1v) is 2.95. The van der Waals surface area contributed by atoms with Crippen molar-refractivity contribution in [3.63, 3.8) is 0 Å².